The predicted molar refractivity (Wildman–Crippen MR) is 46.7 cm³/mol. The van der Waals surface area contributed by atoms with Gasteiger partial charge in [0.25, 0.3) is 0 Å². The summed E-state index contributed by atoms with van der Waals surface area (Å²) >= 11 is 0. The van der Waals surface area contributed by atoms with Crippen molar-refractivity contribution in [2.24, 2.45) is 0 Å². The summed E-state index contributed by atoms with van der Waals surface area (Å²) in [5.74, 6) is 0.961. The highest BCUT2D eigenvalue weighted by Crippen LogP contribution is 2.08. The molecule has 0 amide bonds. The van der Waals surface area contributed by atoms with Gasteiger partial charge in [0.2, 0.25) is 0 Å². The summed E-state index contributed by atoms with van der Waals surface area (Å²) in [6, 6.07) is 4.04. The molecule has 0 aliphatic heterocycles. The molecule has 1 aromatic heterocycles. The number of nitrogens with zero attached hydrogens (tertiary/aromatic N) is 3. The third-order valence-electron chi connectivity index (χ3n) is 1.59. The van der Waals surface area contributed by atoms with Gasteiger partial charge in [-0.1, -0.05) is 0 Å². The van der Waals surface area contributed by atoms with Crippen LogP contribution in [0.4, 0.5) is 5.82 Å². The summed E-state index contributed by atoms with van der Waals surface area (Å²) in [5.41, 5.74) is 0.970. The molecule has 0 radical (unpaired) electrons. The highest BCUT2D eigenvalue weighted by molar-refractivity contribution is 5.35. The Morgan fingerprint density at radius 3 is 3.08 bits per heavy atom. The molecule has 0 saturated heterocycles. The van der Waals surface area contributed by atoms with E-state index in [-0.39, 0.29) is 0 Å². The van der Waals surface area contributed by atoms with Crippen LogP contribution in [0.3, 0.4) is 0 Å². The van der Waals surface area contributed by atoms with E-state index in [0.29, 0.717) is 13.0 Å². The second kappa shape index (κ2) is 3.77. The first-order valence-electron chi connectivity index (χ1n) is 3.87. The minimum absolute atomic E-state index is 0.496. The molecule has 1 N–H and O–H groups in total. The number of aromatic nitrogens is 2. The van der Waals surface area contributed by atoms with Gasteiger partial charge < -0.3 is 5.32 Å². The minimum atomic E-state index is 0.496. The van der Waals surface area contributed by atoms with Crippen molar-refractivity contribution in [2.75, 3.05) is 12.4 Å². The van der Waals surface area contributed by atoms with E-state index in [9.17, 15) is 0 Å². The Bertz CT molecular complexity index is 294. The van der Waals surface area contributed by atoms with E-state index in [4.69, 9.17) is 5.26 Å². The number of hydrogen-bond acceptors (Lipinski definition) is 3. The average molecular weight is 164 g/mol. The van der Waals surface area contributed by atoms with Crippen molar-refractivity contribution in [2.45, 2.75) is 19.9 Å². The normalized spacial score (nSPS) is 9.42. The van der Waals surface area contributed by atoms with E-state index in [1.165, 1.54) is 0 Å². The van der Waals surface area contributed by atoms with Gasteiger partial charge in [-0.05, 0) is 6.92 Å². The van der Waals surface area contributed by atoms with Crippen LogP contribution in [0.1, 0.15) is 12.1 Å². The molecule has 0 spiro atoms. The fourth-order valence-electron chi connectivity index (χ4n) is 1.07. The molecule has 4 heteroatoms. The largest absolute Gasteiger partial charge is 0.373 e. The standard InChI is InChI=1S/C8H12N4/c1-7-6-8(10-2)12(11-7)5-3-4-9/h6,10H,3,5H2,1-2H3. The lowest BCUT2D eigenvalue weighted by atomic mass is 10.4. The summed E-state index contributed by atoms with van der Waals surface area (Å²) in [5, 5.41) is 15.6. The maximum Gasteiger partial charge on any atom is 0.124 e. The first-order valence-corrected chi connectivity index (χ1v) is 3.87. The molecule has 1 heterocycles. The Balaban J connectivity index is 2.76. The van der Waals surface area contributed by atoms with Crippen molar-refractivity contribution in [3.8, 4) is 6.07 Å². The second-order valence-electron chi connectivity index (χ2n) is 2.55. The third kappa shape index (κ3) is 1.76. The highest BCUT2D eigenvalue weighted by atomic mass is 15.3. The van der Waals surface area contributed by atoms with Crippen LogP contribution in [-0.4, -0.2) is 16.8 Å². The van der Waals surface area contributed by atoms with Crippen LogP contribution in [0.15, 0.2) is 6.07 Å². The highest BCUT2D eigenvalue weighted by Gasteiger charge is 2.01. The monoisotopic (exact) mass is 164 g/mol. The molecule has 0 saturated carbocycles. The van der Waals surface area contributed by atoms with Gasteiger partial charge in [-0.3, -0.25) is 0 Å². The maximum atomic E-state index is 8.39. The van der Waals surface area contributed by atoms with Gasteiger partial charge >= 0.3 is 0 Å². The molecular formula is C8H12N4. The third-order valence-corrected chi connectivity index (χ3v) is 1.59. The fraction of sp³-hybridized carbons (Fsp3) is 0.500. The molecule has 0 aromatic carbocycles. The van der Waals surface area contributed by atoms with Crippen molar-refractivity contribution < 1.29 is 0 Å². The van der Waals surface area contributed by atoms with Crippen LogP contribution in [0.2, 0.25) is 0 Å². The minimum Gasteiger partial charge on any atom is -0.373 e. The van der Waals surface area contributed by atoms with Crippen molar-refractivity contribution >= 4 is 5.82 Å². The van der Waals surface area contributed by atoms with Crippen LogP contribution in [0.5, 0.6) is 0 Å². The zero-order chi connectivity index (χ0) is 8.97. The SMILES string of the molecule is CNc1cc(C)nn1CCC#N. The van der Waals surface area contributed by atoms with Crippen LogP contribution < -0.4 is 5.32 Å². The summed E-state index contributed by atoms with van der Waals surface area (Å²) in [4.78, 5) is 0. The maximum absolute atomic E-state index is 8.39. The van der Waals surface area contributed by atoms with Crippen LogP contribution >= 0.6 is 0 Å². The molecule has 0 bridgehead atoms. The van der Waals surface area contributed by atoms with Crippen molar-refractivity contribution in [1.29, 1.82) is 5.26 Å². The predicted octanol–water partition coefficient (Wildman–Crippen LogP) is 1.15. The molecule has 0 aliphatic rings. The van der Waals surface area contributed by atoms with E-state index < -0.39 is 0 Å². The number of nitrogens with one attached hydrogen (secondary N) is 1. The topological polar surface area (TPSA) is 53.6 Å². The van der Waals surface area contributed by atoms with Gasteiger partial charge in [-0.2, -0.15) is 10.4 Å². The van der Waals surface area contributed by atoms with E-state index in [1.807, 2.05) is 20.0 Å². The van der Waals surface area contributed by atoms with E-state index in [1.54, 1.807) is 4.68 Å². The summed E-state index contributed by atoms with van der Waals surface area (Å²) < 4.78 is 1.80. The van der Waals surface area contributed by atoms with Crippen LogP contribution in [-0.2, 0) is 6.54 Å². The Morgan fingerprint density at radius 1 is 1.75 bits per heavy atom. The Morgan fingerprint density at radius 2 is 2.50 bits per heavy atom. The molecule has 0 atom stereocenters. The number of nitriles is 1. The van der Waals surface area contributed by atoms with Crippen molar-refractivity contribution in [3.05, 3.63) is 11.8 Å². The first-order chi connectivity index (χ1) is 5.77. The van der Waals surface area contributed by atoms with Gasteiger partial charge in [0.05, 0.1) is 24.7 Å². The van der Waals surface area contributed by atoms with Gasteiger partial charge in [-0.15, -0.1) is 0 Å². The molecule has 4 nitrogen and oxygen atoms in total. The van der Waals surface area contributed by atoms with Crippen molar-refractivity contribution in [1.82, 2.24) is 9.78 Å². The second-order valence-corrected chi connectivity index (χ2v) is 2.55. The number of aryl methyl sites for hydroxylation is 2. The summed E-state index contributed by atoms with van der Waals surface area (Å²) in [6.07, 6.45) is 0.496. The lowest BCUT2D eigenvalue weighted by molar-refractivity contribution is 0.629. The molecule has 1 aromatic rings. The zero-order valence-corrected chi connectivity index (χ0v) is 7.33. The smallest absolute Gasteiger partial charge is 0.124 e. The summed E-state index contributed by atoms with van der Waals surface area (Å²) in [7, 11) is 1.85. The average Bonchev–Trinajstić information content (AvgIpc) is 2.42. The number of hydrogen-bond donors (Lipinski definition) is 1. The Labute approximate surface area is 71.8 Å². The van der Waals surface area contributed by atoms with Crippen LogP contribution in [0, 0.1) is 18.3 Å². The first kappa shape index (κ1) is 8.60. The molecule has 0 aliphatic carbocycles. The van der Waals surface area contributed by atoms with Gasteiger partial charge in [0.15, 0.2) is 0 Å². The van der Waals surface area contributed by atoms with Gasteiger partial charge in [0, 0.05) is 13.1 Å². The molecule has 64 valence electrons. The van der Waals surface area contributed by atoms with Gasteiger partial charge in [0.1, 0.15) is 5.82 Å². The molecule has 12 heavy (non-hydrogen) atoms. The quantitative estimate of drug-likeness (QED) is 0.729. The number of rotatable bonds is 3. The summed E-state index contributed by atoms with van der Waals surface area (Å²) in [6.45, 7) is 2.59. The van der Waals surface area contributed by atoms with Gasteiger partial charge in [-0.25, -0.2) is 4.68 Å². The van der Waals surface area contributed by atoms with Crippen LogP contribution in [0.25, 0.3) is 0 Å². The number of anilines is 1. The lowest BCUT2D eigenvalue weighted by Gasteiger charge is -2.02. The molecule has 0 fully saturated rings. The van der Waals surface area contributed by atoms with E-state index >= 15 is 0 Å². The zero-order valence-electron chi connectivity index (χ0n) is 7.33. The lowest BCUT2D eigenvalue weighted by Crippen LogP contribution is -2.04. The Hall–Kier alpha value is -1.50. The Kier molecular flexibility index (Phi) is 2.70. The fourth-order valence-corrected chi connectivity index (χ4v) is 1.07. The molecular weight excluding hydrogens is 152 g/mol. The molecule has 1 rings (SSSR count). The molecule has 0 unspecified atom stereocenters. The van der Waals surface area contributed by atoms with Crippen molar-refractivity contribution in [3.63, 3.8) is 0 Å². The van der Waals surface area contributed by atoms with E-state index in [2.05, 4.69) is 16.5 Å². The van der Waals surface area contributed by atoms with E-state index in [0.717, 1.165) is 11.5 Å².